The van der Waals surface area contributed by atoms with Gasteiger partial charge in [0.25, 0.3) is 5.91 Å². The van der Waals surface area contributed by atoms with Crippen molar-refractivity contribution in [2.45, 2.75) is 18.8 Å². The number of nitrogens with two attached hydrogens (primary N) is 1. The molecule has 0 spiro atoms. The Bertz CT molecular complexity index is 1480. The summed E-state index contributed by atoms with van der Waals surface area (Å²) < 4.78 is 47.6. The Morgan fingerprint density at radius 3 is 2.42 bits per heavy atom. The molecular formula is C28H21ClF3N3O3. The number of aromatic nitrogens is 2. The van der Waals surface area contributed by atoms with E-state index in [1.54, 1.807) is 18.2 Å². The first kappa shape index (κ1) is 26.8. The van der Waals surface area contributed by atoms with Gasteiger partial charge in [-0.05, 0) is 53.9 Å². The molecule has 0 bridgehead atoms. The van der Waals surface area contributed by atoms with Gasteiger partial charge in [-0.3, -0.25) is 14.6 Å². The third-order valence-electron chi connectivity index (χ3n) is 5.74. The summed E-state index contributed by atoms with van der Waals surface area (Å²) >= 11 is 5.86. The van der Waals surface area contributed by atoms with Crippen molar-refractivity contribution in [2.75, 3.05) is 6.61 Å². The lowest BCUT2D eigenvalue weighted by Crippen LogP contribution is -2.18. The highest BCUT2D eigenvalue weighted by molar-refractivity contribution is 6.29. The average molecular weight is 540 g/mol. The van der Waals surface area contributed by atoms with E-state index in [0.717, 1.165) is 12.1 Å². The molecule has 0 aliphatic carbocycles. The summed E-state index contributed by atoms with van der Waals surface area (Å²) in [4.78, 5) is 33.0. The van der Waals surface area contributed by atoms with Crippen LogP contribution in [-0.4, -0.2) is 28.3 Å². The van der Waals surface area contributed by atoms with E-state index in [1.165, 1.54) is 42.7 Å². The molecule has 0 fully saturated rings. The van der Waals surface area contributed by atoms with Crippen LogP contribution in [0.4, 0.5) is 13.2 Å². The molecule has 0 aliphatic heterocycles. The highest BCUT2D eigenvalue weighted by Gasteiger charge is 2.23. The molecule has 1 amide bonds. The van der Waals surface area contributed by atoms with E-state index < -0.39 is 29.3 Å². The van der Waals surface area contributed by atoms with Gasteiger partial charge in [-0.15, -0.1) is 0 Å². The first-order valence-corrected chi connectivity index (χ1v) is 11.8. The van der Waals surface area contributed by atoms with E-state index in [-0.39, 0.29) is 35.9 Å². The first-order chi connectivity index (χ1) is 18.2. The van der Waals surface area contributed by atoms with Gasteiger partial charge in [-0.2, -0.15) is 0 Å². The summed E-state index contributed by atoms with van der Waals surface area (Å²) in [7, 11) is 0. The van der Waals surface area contributed by atoms with Crippen molar-refractivity contribution < 1.29 is 27.5 Å². The third-order valence-corrected chi connectivity index (χ3v) is 5.95. The predicted molar refractivity (Wildman–Crippen MR) is 135 cm³/mol. The molecule has 0 saturated carbocycles. The Labute approximate surface area is 221 Å². The van der Waals surface area contributed by atoms with Gasteiger partial charge in [-0.1, -0.05) is 23.7 Å². The molecule has 4 rings (SSSR count). The summed E-state index contributed by atoms with van der Waals surface area (Å²) in [6.07, 6.45) is 2.92. The van der Waals surface area contributed by atoms with Crippen LogP contribution in [0.2, 0.25) is 5.15 Å². The fourth-order valence-corrected chi connectivity index (χ4v) is 4.28. The Hall–Kier alpha value is -4.24. The number of carbonyl (C=O) groups is 2. The quantitative estimate of drug-likeness (QED) is 0.262. The number of Topliss-reactive ketones (excluding diaryl/α,β-unsaturated/α-hetero) is 1. The van der Waals surface area contributed by atoms with Crippen molar-refractivity contribution in [1.29, 1.82) is 0 Å². The maximum Gasteiger partial charge on any atom is 0.251 e. The lowest BCUT2D eigenvalue weighted by Gasteiger charge is -2.20. The maximum absolute atomic E-state index is 14.1. The van der Waals surface area contributed by atoms with Gasteiger partial charge in [-0.25, -0.2) is 18.2 Å². The number of hydrogen-bond donors (Lipinski definition) is 1. The largest absolute Gasteiger partial charge is 0.486 e. The van der Waals surface area contributed by atoms with Gasteiger partial charge in [0, 0.05) is 42.4 Å². The topological polar surface area (TPSA) is 95.2 Å². The lowest BCUT2D eigenvalue weighted by atomic mass is 9.86. The van der Waals surface area contributed by atoms with Crippen molar-refractivity contribution >= 4 is 23.3 Å². The zero-order valence-electron chi connectivity index (χ0n) is 19.8. The maximum atomic E-state index is 14.1. The molecule has 0 saturated heterocycles. The molecule has 2 aromatic heterocycles. The zero-order valence-corrected chi connectivity index (χ0v) is 20.6. The Morgan fingerprint density at radius 1 is 0.947 bits per heavy atom. The third kappa shape index (κ3) is 6.74. The number of amides is 1. The van der Waals surface area contributed by atoms with E-state index >= 15 is 0 Å². The normalized spacial score (nSPS) is 11.7. The number of carbonyl (C=O) groups excluding carboxylic acids is 2. The number of halogens is 4. The Balaban J connectivity index is 1.68. The fraction of sp³-hybridized carbons (Fsp3) is 0.143. The lowest BCUT2D eigenvalue weighted by molar-refractivity contribution is -0.121. The Kier molecular flexibility index (Phi) is 8.38. The summed E-state index contributed by atoms with van der Waals surface area (Å²) in [6.45, 7) is -0.293. The Morgan fingerprint density at radius 2 is 1.71 bits per heavy atom. The predicted octanol–water partition coefficient (Wildman–Crippen LogP) is 5.68. The SMILES string of the molecule is NC(=O)c1cc(-c2cccnc2[C@@H](CC(=O)COc2ccnc(Cl)c2)Cc2cc(F)cc(F)c2)ccc1F. The summed E-state index contributed by atoms with van der Waals surface area (Å²) in [5.74, 6) is -3.83. The van der Waals surface area contributed by atoms with E-state index in [9.17, 15) is 22.8 Å². The number of ether oxygens (including phenoxy) is 1. The van der Waals surface area contributed by atoms with Crippen LogP contribution >= 0.6 is 11.6 Å². The van der Waals surface area contributed by atoms with Crippen molar-refractivity contribution in [3.8, 4) is 16.9 Å². The summed E-state index contributed by atoms with van der Waals surface area (Å²) in [6, 6.07) is 13.3. The van der Waals surface area contributed by atoms with Crippen LogP contribution in [0.15, 0.2) is 73.1 Å². The second kappa shape index (κ2) is 11.9. The monoisotopic (exact) mass is 539 g/mol. The second-order valence-electron chi connectivity index (χ2n) is 8.52. The van der Waals surface area contributed by atoms with Crippen LogP contribution < -0.4 is 10.5 Å². The molecular weight excluding hydrogens is 519 g/mol. The number of hydrogen-bond acceptors (Lipinski definition) is 5. The van der Waals surface area contributed by atoms with Crippen LogP contribution in [0.5, 0.6) is 5.75 Å². The molecule has 6 nitrogen and oxygen atoms in total. The van der Waals surface area contributed by atoms with Gasteiger partial charge in [0.2, 0.25) is 0 Å². The van der Waals surface area contributed by atoms with E-state index in [0.29, 0.717) is 28.1 Å². The number of ketones is 1. The average Bonchev–Trinajstić information content (AvgIpc) is 2.87. The van der Waals surface area contributed by atoms with Crippen LogP contribution in [-0.2, 0) is 11.2 Å². The van der Waals surface area contributed by atoms with Crippen LogP contribution in [0.1, 0.15) is 34.0 Å². The minimum atomic E-state index is -0.940. The van der Waals surface area contributed by atoms with Gasteiger partial charge in [0.1, 0.15) is 35.0 Å². The minimum Gasteiger partial charge on any atom is -0.486 e. The van der Waals surface area contributed by atoms with E-state index in [1.807, 2.05) is 0 Å². The number of pyridine rings is 2. The second-order valence-corrected chi connectivity index (χ2v) is 8.91. The van der Waals surface area contributed by atoms with E-state index in [2.05, 4.69) is 9.97 Å². The number of rotatable bonds is 10. The van der Waals surface area contributed by atoms with Crippen molar-refractivity contribution in [3.63, 3.8) is 0 Å². The van der Waals surface area contributed by atoms with Gasteiger partial charge < -0.3 is 10.5 Å². The highest BCUT2D eigenvalue weighted by Crippen LogP contribution is 2.33. The molecule has 2 heterocycles. The molecule has 1 atom stereocenters. The van der Waals surface area contributed by atoms with Gasteiger partial charge in [0.05, 0.1) is 11.3 Å². The fourth-order valence-electron chi connectivity index (χ4n) is 4.12. The number of benzene rings is 2. The van der Waals surface area contributed by atoms with Gasteiger partial charge in [0.15, 0.2) is 5.78 Å². The molecule has 194 valence electrons. The van der Waals surface area contributed by atoms with Crippen LogP contribution in [0.3, 0.4) is 0 Å². The van der Waals surface area contributed by atoms with Crippen LogP contribution in [0.25, 0.3) is 11.1 Å². The molecule has 0 radical (unpaired) electrons. The van der Waals surface area contributed by atoms with Crippen molar-refractivity contribution in [3.05, 3.63) is 112 Å². The first-order valence-electron chi connectivity index (χ1n) is 11.4. The highest BCUT2D eigenvalue weighted by atomic mass is 35.5. The van der Waals surface area contributed by atoms with Crippen LogP contribution in [0, 0.1) is 17.5 Å². The molecule has 4 aromatic rings. The molecule has 0 unspecified atom stereocenters. The standard InChI is InChI=1S/C28H21ClF3N3O3/c29-26-14-22(5-7-34-26)38-15-21(36)11-18(8-16-9-19(30)13-20(31)10-16)27-23(2-1-6-35-27)17-3-4-25(32)24(12-17)28(33)37/h1-7,9-10,12-14,18H,8,11,15H2,(H2,33,37)/t18-/m1/s1. The van der Waals surface area contributed by atoms with E-state index in [4.69, 9.17) is 22.1 Å². The van der Waals surface area contributed by atoms with Gasteiger partial charge >= 0.3 is 0 Å². The summed E-state index contributed by atoms with van der Waals surface area (Å²) in [5, 5.41) is 0.203. The summed E-state index contributed by atoms with van der Waals surface area (Å²) in [5.41, 5.74) is 6.68. The molecule has 2 N–H and O–H groups in total. The smallest absolute Gasteiger partial charge is 0.251 e. The molecule has 2 aromatic carbocycles. The molecule has 38 heavy (non-hydrogen) atoms. The molecule has 10 heteroatoms. The number of primary amides is 1. The van der Waals surface area contributed by atoms with Crippen molar-refractivity contribution in [1.82, 2.24) is 9.97 Å². The van der Waals surface area contributed by atoms with Crippen molar-refractivity contribution in [2.24, 2.45) is 5.73 Å². The zero-order chi connectivity index (χ0) is 27.2. The molecule has 0 aliphatic rings. The number of nitrogens with zero attached hydrogens (tertiary/aromatic N) is 2. The minimum absolute atomic E-state index is 0.0649.